The molecule has 0 aliphatic rings. The maximum atomic E-state index is 10.8. The Morgan fingerprint density at radius 1 is 0.877 bits per heavy atom. The van der Waals surface area contributed by atoms with Crippen molar-refractivity contribution in [3.63, 3.8) is 0 Å². The van der Waals surface area contributed by atoms with Crippen LogP contribution in [0.25, 0.3) is 6.08 Å². The second-order valence-corrected chi connectivity index (χ2v) is 14.9. The fourth-order valence-corrected chi connectivity index (χ4v) is 3.72. The average Bonchev–Trinajstić information content (AvgIpc) is 3.09. The fourth-order valence-electron chi connectivity index (χ4n) is 2.42. The molecule has 19 nitrogen and oxygen atoms in total. The first-order chi connectivity index (χ1) is 25.5. The number of hydrogen-bond acceptors (Lipinski definition) is 16. The summed E-state index contributed by atoms with van der Waals surface area (Å²) in [5, 5.41) is 2.08. The number of esters is 3. The summed E-state index contributed by atoms with van der Waals surface area (Å²) in [5.41, 5.74) is 5.89. The summed E-state index contributed by atoms with van der Waals surface area (Å²) in [4.78, 5) is 71.2. The number of rotatable bonds is 17. The minimum absolute atomic E-state index is 0. The maximum absolute atomic E-state index is 10.8. The average molecular weight is 875 g/mol. The Morgan fingerprint density at radius 3 is 1.60 bits per heavy atom. The number of hydrogen-bond donors (Lipinski definition) is 3. The number of primary amides is 1. The molecule has 23 heteroatoms. The molecule has 1 aromatic carbocycles. The van der Waals surface area contributed by atoms with Gasteiger partial charge in [-0.2, -0.15) is 8.42 Å². The molecule has 1 aromatic rings. The zero-order valence-electron chi connectivity index (χ0n) is 32.6. The van der Waals surface area contributed by atoms with Gasteiger partial charge in [0, 0.05) is 11.1 Å². The number of Topliss-reactive ketones (excluding diaryl/α,β-unsaturated/α-hetero) is 1. The summed E-state index contributed by atoms with van der Waals surface area (Å²) < 4.78 is 85.7. The first-order valence-corrected chi connectivity index (χ1v) is 19.7. The van der Waals surface area contributed by atoms with Gasteiger partial charge in [-0.05, 0) is 64.0 Å². The molecule has 0 saturated heterocycles. The Balaban J connectivity index is -0.000000202. The maximum Gasteiger partial charge on any atom is 1.00 e. The predicted octanol–water partition coefficient (Wildman–Crippen LogP) is -0.966. The third-order valence-electron chi connectivity index (χ3n) is 5.59. The first-order valence-electron chi connectivity index (χ1n) is 15.5. The Morgan fingerprint density at radius 2 is 1.30 bits per heavy atom. The van der Waals surface area contributed by atoms with Crippen LogP contribution in [0.2, 0.25) is 0 Å². The monoisotopic (exact) mass is 874 g/mol. The minimum atomic E-state index is -4.55. The third kappa shape index (κ3) is 35.9. The van der Waals surface area contributed by atoms with E-state index in [2.05, 4.69) is 58.2 Å². The smallest absolute Gasteiger partial charge is 0.746 e. The summed E-state index contributed by atoms with van der Waals surface area (Å²) in [6.07, 6.45) is 3.19. The Hall–Kier alpha value is -4.18. The van der Waals surface area contributed by atoms with Crippen LogP contribution in [0.3, 0.4) is 0 Å². The molecule has 4 N–H and O–H groups in total. The van der Waals surface area contributed by atoms with Gasteiger partial charge < -0.3 is 34.7 Å². The van der Waals surface area contributed by atoms with Crippen LogP contribution in [-0.4, -0.2) is 92.3 Å². The summed E-state index contributed by atoms with van der Waals surface area (Å²) in [7, 11) is -11.1. The molecule has 0 bridgehead atoms. The van der Waals surface area contributed by atoms with E-state index in [4.69, 9.17) is 4.55 Å². The second-order valence-electron chi connectivity index (χ2n) is 10.6. The number of nitrogens with one attached hydrogen (secondary N) is 1. The second kappa shape index (κ2) is 32.9. The van der Waals surface area contributed by atoms with E-state index in [1.54, 1.807) is 18.2 Å². The summed E-state index contributed by atoms with van der Waals surface area (Å²) >= 11 is 0. The van der Waals surface area contributed by atoms with Gasteiger partial charge in [0.05, 0.1) is 4.90 Å². The summed E-state index contributed by atoms with van der Waals surface area (Å²) in [6, 6.07) is 5.78. The number of amides is 2. The molecule has 0 aromatic heterocycles. The van der Waals surface area contributed by atoms with Crippen molar-refractivity contribution in [2.45, 2.75) is 57.2 Å². The van der Waals surface area contributed by atoms with Crippen LogP contribution in [0.5, 0.6) is 0 Å². The van der Waals surface area contributed by atoms with Gasteiger partial charge in [-0.25, -0.2) is 18.0 Å². The number of nitrogens with two attached hydrogens (primary N) is 1. The quantitative estimate of drug-likeness (QED) is 0.0248. The van der Waals surface area contributed by atoms with Crippen LogP contribution in [0.4, 0.5) is 0 Å². The van der Waals surface area contributed by atoms with Gasteiger partial charge in [0.25, 0.3) is 10.1 Å². The van der Waals surface area contributed by atoms with Crippen molar-refractivity contribution in [2.75, 3.05) is 26.0 Å². The van der Waals surface area contributed by atoms with Gasteiger partial charge in [0.2, 0.25) is 11.8 Å². The van der Waals surface area contributed by atoms with Crippen LogP contribution in [-0.2, 0) is 67.8 Å². The van der Waals surface area contributed by atoms with E-state index in [0.29, 0.717) is 0 Å². The summed E-state index contributed by atoms with van der Waals surface area (Å²) in [6.45, 7) is 23.3. The van der Waals surface area contributed by atoms with E-state index < -0.39 is 62.9 Å². The number of ketones is 1. The van der Waals surface area contributed by atoms with Crippen LogP contribution in [0.1, 0.15) is 53.0 Å². The molecule has 0 saturated carbocycles. The normalized spacial score (nSPS) is 11.0. The standard InChI is InChI=1S/C10H14O5.C8H8O3S.C7H13NO4S.C6H9O4P.C3H5NO.Na/c1-7(2)10(13)15-5-4-14-9(12)6-8(3)11;1-2-7-3-5-8(6-4-7)12(9,10)11;1-4-6(9)8-7(3,5-2)13(10,11)12;1-5(2)6(7)10-3-4-11(8)9;1-2-3(4)5;/h1,4-6H2,2-3H3;2-6H,1H2,(H,9,10,11);4H,1,5H2,2-3H3,(H,8,9)(H,10,11,12);1,3-4H2,2H3;2H,1H2,(H2,4,5);/q;;;;;+1/p-1. The molecular weight excluding hydrogens is 826 g/mol. The number of carbonyl (C=O) groups excluding carboxylic acids is 6. The van der Waals surface area contributed by atoms with Crippen molar-refractivity contribution in [3.05, 3.63) is 86.0 Å². The number of ether oxygens (including phenoxy) is 3. The van der Waals surface area contributed by atoms with Gasteiger partial charge in [-0.15, -0.1) is 0 Å². The van der Waals surface area contributed by atoms with Crippen LogP contribution < -0.4 is 45.5 Å². The van der Waals surface area contributed by atoms with Gasteiger partial charge in [-0.1, -0.05) is 62.6 Å². The van der Waals surface area contributed by atoms with Crippen LogP contribution >= 0.6 is 8.03 Å². The van der Waals surface area contributed by atoms with Crippen molar-refractivity contribution < 1.29 is 108 Å². The molecule has 0 aliphatic heterocycles. The van der Waals surface area contributed by atoms with E-state index in [1.807, 2.05) is 0 Å². The largest absolute Gasteiger partial charge is 1.00 e. The zero-order valence-corrected chi connectivity index (χ0v) is 37.2. The molecule has 0 heterocycles. The molecule has 314 valence electrons. The molecule has 2 atom stereocenters. The van der Waals surface area contributed by atoms with Gasteiger partial charge >= 0.3 is 55.5 Å². The van der Waals surface area contributed by atoms with Gasteiger partial charge in [0.15, 0.2) is 6.16 Å². The molecule has 0 spiro atoms. The van der Waals surface area contributed by atoms with Gasteiger partial charge in [-0.3, -0.25) is 23.7 Å². The van der Waals surface area contributed by atoms with Crippen LogP contribution in [0, 0.1) is 0 Å². The topological polar surface area (TPSA) is 320 Å². The molecule has 0 radical (unpaired) electrons. The van der Waals surface area contributed by atoms with Crippen molar-refractivity contribution in [1.82, 2.24) is 5.32 Å². The predicted molar refractivity (Wildman–Crippen MR) is 203 cm³/mol. The Bertz CT molecular complexity index is 1800. The van der Waals surface area contributed by atoms with E-state index in [-0.39, 0.29) is 90.2 Å². The Kier molecular flexibility index (Phi) is 35.8. The third-order valence-corrected chi connectivity index (χ3v) is 8.50. The number of benzene rings is 1. The first kappa shape index (κ1) is 62.0. The molecule has 0 aliphatic carbocycles. The van der Waals surface area contributed by atoms with E-state index >= 15 is 0 Å². The molecule has 0 fully saturated rings. The molecule has 1 rings (SSSR count). The SMILES string of the molecule is C=C(C)C(=O)OCCOC(=O)CC(C)=O.C=C(C)C(=O)OCC[P+](=O)[O-].C=CC(=O)NC(C)(CC)S(=O)(=O)[O-].C=CC(N)=O.C=Cc1ccc(S(=O)(=O)O)cc1.[Na+]. The van der Waals surface area contributed by atoms with Gasteiger partial charge in [0.1, 0.15) is 47.0 Å². The van der Waals surface area contributed by atoms with E-state index in [0.717, 1.165) is 24.6 Å². The van der Waals surface area contributed by atoms with Crippen molar-refractivity contribution >= 4 is 69.8 Å². The number of carbonyl (C=O) groups is 6. The molecule has 2 amide bonds. The fraction of sp³-hybridized carbons (Fsp3) is 0.353. The zero-order chi connectivity index (χ0) is 44.9. The summed E-state index contributed by atoms with van der Waals surface area (Å²) in [5.74, 6) is -3.12. The molecule has 2 unspecified atom stereocenters. The van der Waals surface area contributed by atoms with Crippen LogP contribution in [0.15, 0.2) is 85.4 Å². The Labute approximate surface area is 356 Å². The van der Waals surface area contributed by atoms with E-state index in [1.165, 1.54) is 39.8 Å². The minimum Gasteiger partial charge on any atom is -0.746 e. The van der Waals surface area contributed by atoms with Crippen molar-refractivity contribution in [3.8, 4) is 0 Å². The van der Waals surface area contributed by atoms with Crippen molar-refractivity contribution in [2.24, 2.45) is 5.73 Å². The molecule has 57 heavy (non-hydrogen) atoms. The van der Waals surface area contributed by atoms with E-state index in [9.17, 15) is 59.6 Å². The molecular formula is C34H48N2NaO17PS2. The van der Waals surface area contributed by atoms with Crippen molar-refractivity contribution in [1.29, 1.82) is 0 Å².